The molecule has 0 bridgehead atoms. The number of fused-ring (bicyclic) bond motifs is 1. The standard InChI is InChI=1S/C27H35FN4O/c1-16(2)26-22-13-21(19-7-9-32(10-8-19)15-25(33)31(5)6)23(28)14-24(22)30-27(26)20-11-17(3)29-18(4)12-20/h11-14,16,19,30H,7-10,15H2,1-6H3. The minimum atomic E-state index is -0.143. The van der Waals surface area contributed by atoms with E-state index in [9.17, 15) is 4.79 Å². The van der Waals surface area contributed by atoms with Crippen molar-refractivity contribution in [3.8, 4) is 11.3 Å². The summed E-state index contributed by atoms with van der Waals surface area (Å²) in [5.41, 5.74) is 6.98. The Morgan fingerprint density at radius 3 is 2.36 bits per heavy atom. The first-order chi connectivity index (χ1) is 15.6. The summed E-state index contributed by atoms with van der Waals surface area (Å²) >= 11 is 0. The van der Waals surface area contributed by atoms with Crippen molar-refractivity contribution < 1.29 is 9.18 Å². The van der Waals surface area contributed by atoms with Gasteiger partial charge in [0.15, 0.2) is 0 Å². The fourth-order valence-electron chi connectivity index (χ4n) is 5.11. The molecule has 5 nitrogen and oxygen atoms in total. The van der Waals surface area contributed by atoms with E-state index in [1.807, 2.05) is 13.8 Å². The molecule has 4 rings (SSSR count). The average Bonchev–Trinajstić information content (AvgIpc) is 3.11. The van der Waals surface area contributed by atoms with Crippen molar-refractivity contribution in [1.29, 1.82) is 0 Å². The van der Waals surface area contributed by atoms with Gasteiger partial charge in [0, 0.05) is 41.9 Å². The fraction of sp³-hybridized carbons (Fsp3) is 0.481. The number of pyridine rings is 1. The van der Waals surface area contributed by atoms with E-state index >= 15 is 4.39 Å². The topological polar surface area (TPSA) is 52.2 Å². The Kier molecular flexibility index (Phi) is 6.57. The SMILES string of the molecule is Cc1cc(-c2[nH]c3cc(F)c(C4CCN(CC(=O)N(C)C)CC4)cc3c2C(C)C)cc(C)n1. The number of nitrogens with one attached hydrogen (secondary N) is 1. The van der Waals surface area contributed by atoms with Crippen LogP contribution in [0.4, 0.5) is 4.39 Å². The smallest absolute Gasteiger partial charge is 0.236 e. The molecular formula is C27H35FN4O. The Bertz CT molecular complexity index is 1150. The van der Waals surface area contributed by atoms with Crippen LogP contribution in [0.2, 0.25) is 0 Å². The van der Waals surface area contributed by atoms with Gasteiger partial charge in [0.25, 0.3) is 0 Å². The molecule has 2 aromatic heterocycles. The number of likely N-dealkylation sites (tertiary alicyclic amines) is 1. The van der Waals surface area contributed by atoms with Gasteiger partial charge in [-0.3, -0.25) is 14.7 Å². The third-order valence-electron chi connectivity index (χ3n) is 6.79. The van der Waals surface area contributed by atoms with Crippen molar-refractivity contribution in [3.05, 3.63) is 52.6 Å². The molecule has 1 amide bonds. The summed E-state index contributed by atoms with van der Waals surface area (Å²) in [6, 6.07) is 7.92. The summed E-state index contributed by atoms with van der Waals surface area (Å²) in [6.07, 6.45) is 1.72. The second-order valence-electron chi connectivity index (χ2n) is 9.96. The average molecular weight is 451 g/mol. The number of piperidine rings is 1. The van der Waals surface area contributed by atoms with Crippen molar-refractivity contribution >= 4 is 16.8 Å². The van der Waals surface area contributed by atoms with E-state index in [0.717, 1.165) is 65.0 Å². The number of carbonyl (C=O) groups excluding carboxylic acids is 1. The zero-order chi connectivity index (χ0) is 23.9. The molecule has 0 radical (unpaired) electrons. The molecule has 3 heterocycles. The van der Waals surface area contributed by atoms with Crippen molar-refractivity contribution in [2.75, 3.05) is 33.7 Å². The number of halogens is 1. The Morgan fingerprint density at radius 2 is 1.79 bits per heavy atom. The lowest BCUT2D eigenvalue weighted by molar-refractivity contribution is -0.130. The number of likely N-dealkylation sites (N-methyl/N-ethyl adjacent to an activating group) is 1. The molecule has 1 saturated heterocycles. The van der Waals surface area contributed by atoms with Gasteiger partial charge in [-0.2, -0.15) is 0 Å². The molecule has 1 N–H and O–H groups in total. The number of amides is 1. The van der Waals surface area contributed by atoms with Gasteiger partial charge in [0.2, 0.25) is 5.91 Å². The molecule has 0 aliphatic carbocycles. The molecular weight excluding hydrogens is 415 g/mol. The first-order valence-corrected chi connectivity index (χ1v) is 11.9. The van der Waals surface area contributed by atoms with E-state index in [4.69, 9.17) is 0 Å². The van der Waals surface area contributed by atoms with Gasteiger partial charge in [0.1, 0.15) is 5.82 Å². The van der Waals surface area contributed by atoms with Crippen LogP contribution >= 0.6 is 0 Å². The number of hydrogen-bond donors (Lipinski definition) is 1. The van der Waals surface area contributed by atoms with Crippen LogP contribution in [-0.4, -0.2) is 59.4 Å². The minimum absolute atomic E-state index is 0.115. The first-order valence-electron chi connectivity index (χ1n) is 11.9. The van der Waals surface area contributed by atoms with Crippen LogP contribution in [0.25, 0.3) is 22.2 Å². The van der Waals surface area contributed by atoms with E-state index in [0.29, 0.717) is 12.5 Å². The van der Waals surface area contributed by atoms with Crippen LogP contribution in [0.3, 0.4) is 0 Å². The molecule has 0 spiro atoms. The van der Waals surface area contributed by atoms with Gasteiger partial charge in [-0.25, -0.2) is 4.39 Å². The molecule has 1 aromatic carbocycles. The normalized spacial score (nSPS) is 15.5. The monoisotopic (exact) mass is 450 g/mol. The van der Waals surface area contributed by atoms with Crippen LogP contribution < -0.4 is 0 Å². The van der Waals surface area contributed by atoms with Crippen LogP contribution in [0.15, 0.2) is 24.3 Å². The summed E-state index contributed by atoms with van der Waals surface area (Å²) in [6.45, 7) is 10.4. The van der Waals surface area contributed by atoms with Crippen molar-refractivity contribution in [2.45, 2.75) is 52.4 Å². The molecule has 3 aromatic rings. The van der Waals surface area contributed by atoms with Crippen molar-refractivity contribution in [2.24, 2.45) is 0 Å². The van der Waals surface area contributed by atoms with Crippen LogP contribution in [0.5, 0.6) is 0 Å². The highest BCUT2D eigenvalue weighted by molar-refractivity contribution is 5.92. The summed E-state index contributed by atoms with van der Waals surface area (Å²) < 4.78 is 15.3. The summed E-state index contributed by atoms with van der Waals surface area (Å²) in [7, 11) is 3.57. The number of rotatable bonds is 5. The highest BCUT2D eigenvalue weighted by Crippen LogP contribution is 2.39. The first kappa shape index (κ1) is 23.4. The molecule has 1 aliphatic rings. The van der Waals surface area contributed by atoms with E-state index in [2.05, 4.69) is 46.9 Å². The van der Waals surface area contributed by atoms with E-state index < -0.39 is 0 Å². The zero-order valence-corrected chi connectivity index (χ0v) is 20.6. The maximum Gasteiger partial charge on any atom is 0.236 e. The lowest BCUT2D eigenvalue weighted by Gasteiger charge is -2.32. The number of aryl methyl sites for hydroxylation is 2. The number of H-pyrrole nitrogens is 1. The van der Waals surface area contributed by atoms with Crippen molar-refractivity contribution in [1.82, 2.24) is 19.8 Å². The van der Waals surface area contributed by atoms with E-state index in [1.165, 1.54) is 5.56 Å². The number of carbonyl (C=O) groups is 1. The van der Waals surface area contributed by atoms with Crippen molar-refractivity contribution in [3.63, 3.8) is 0 Å². The Labute approximate surface area is 196 Å². The molecule has 6 heteroatoms. The Morgan fingerprint density at radius 1 is 1.15 bits per heavy atom. The van der Waals surface area contributed by atoms with Crippen LogP contribution in [0.1, 0.15) is 61.0 Å². The summed E-state index contributed by atoms with van der Waals surface area (Å²) in [5, 5.41) is 1.11. The largest absolute Gasteiger partial charge is 0.354 e. The highest BCUT2D eigenvalue weighted by Gasteiger charge is 2.26. The summed E-state index contributed by atoms with van der Waals surface area (Å²) in [4.78, 5) is 23.9. The molecule has 0 unspecified atom stereocenters. The highest BCUT2D eigenvalue weighted by atomic mass is 19.1. The number of benzene rings is 1. The lowest BCUT2D eigenvalue weighted by Crippen LogP contribution is -2.40. The number of hydrogen-bond acceptors (Lipinski definition) is 3. The summed E-state index contributed by atoms with van der Waals surface area (Å²) in [5.74, 6) is 0.434. The third kappa shape index (κ3) is 4.81. The van der Waals surface area contributed by atoms with Crippen LogP contribution in [0, 0.1) is 19.7 Å². The molecule has 0 saturated carbocycles. The quantitative estimate of drug-likeness (QED) is 0.568. The van der Waals surface area contributed by atoms with Gasteiger partial charge >= 0.3 is 0 Å². The predicted octanol–water partition coefficient (Wildman–Crippen LogP) is 5.38. The number of nitrogens with zero attached hydrogens (tertiary/aromatic N) is 3. The number of aromatic nitrogens is 2. The second kappa shape index (κ2) is 9.26. The maximum atomic E-state index is 15.3. The maximum absolute atomic E-state index is 15.3. The molecule has 33 heavy (non-hydrogen) atoms. The fourth-order valence-corrected chi connectivity index (χ4v) is 5.11. The second-order valence-corrected chi connectivity index (χ2v) is 9.96. The van der Waals surface area contributed by atoms with Gasteiger partial charge in [-0.05, 0) is 87.0 Å². The van der Waals surface area contributed by atoms with E-state index in [-0.39, 0.29) is 17.6 Å². The Hall–Kier alpha value is -2.73. The molecule has 1 aliphatic heterocycles. The number of aromatic amines is 1. The van der Waals surface area contributed by atoms with Crippen LogP contribution in [-0.2, 0) is 4.79 Å². The minimum Gasteiger partial charge on any atom is -0.354 e. The van der Waals surface area contributed by atoms with Gasteiger partial charge in [0.05, 0.1) is 12.2 Å². The molecule has 1 fully saturated rings. The van der Waals surface area contributed by atoms with E-state index in [1.54, 1.807) is 25.1 Å². The zero-order valence-electron chi connectivity index (χ0n) is 20.6. The molecule has 0 atom stereocenters. The predicted molar refractivity (Wildman–Crippen MR) is 132 cm³/mol. The van der Waals surface area contributed by atoms with Gasteiger partial charge < -0.3 is 9.88 Å². The lowest BCUT2D eigenvalue weighted by atomic mass is 9.87. The van der Waals surface area contributed by atoms with Gasteiger partial charge in [-0.1, -0.05) is 13.8 Å². The third-order valence-corrected chi connectivity index (χ3v) is 6.79. The Balaban J connectivity index is 1.67. The van der Waals surface area contributed by atoms with Gasteiger partial charge in [-0.15, -0.1) is 0 Å². The molecule has 176 valence electrons.